The van der Waals surface area contributed by atoms with Crippen molar-refractivity contribution in [1.82, 2.24) is 5.32 Å². The summed E-state index contributed by atoms with van der Waals surface area (Å²) in [6, 6.07) is 5.02. The van der Waals surface area contributed by atoms with Gasteiger partial charge in [-0.3, -0.25) is 0 Å². The average molecular weight is 211 g/mol. The van der Waals surface area contributed by atoms with Crippen LogP contribution < -0.4 is 5.32 Å². The molecule has 0 spiro atoms. The highest BCUT2D eigenvalue weighted by Gasteiger charge is 2.25. The van der Waals surface area contributed by atoms with Crippen LogP contribution in [-0.4, -0.2) is 6.54 Å². The molecule has 1 aromatic rings. The maximum Gasteiger partial charge on any atom is 0.270 e. The Hall–Kier alpha value is -0.960. The molecule has 0 amide bonds. The number of hydrogen-bond acceptors (Lipinski definition) is 1. The van der Waals surface area contributed by atoms with Gasteiger partial charge in [0, 0.05) is 19.0 Å². The van der Waals surface area contributed by atoms with Gasteiger partial charge in [-0.1, -0.05) is 12.1 Å². The largest absolute Gasteiger partial charge is 0.313 e. The lowest BCUT2D eigenvalue weighted by Gasteiger charge is -2.13. The number of fused-ring (bicyclic) bond motifs is 1. The summed E-state index contributed by atoms with van der Waals surface area (Å²) in [4.78, 5) is 0. The van der Waals surface area contributed by atoms with Crippen molar-refractivity contribution in [2.24, 2.45) is 0 Å². The van der Waals surface area contributed by atoms with Gasteiger partial charge in [-0.2, -0.15) is 0 Å². The Labute approximate surface area is 88.5 Å². The molecule has 1 N–H and O–H groups in total. The standard InChI is InChI=1S/C12H15F2N/c1-12(13,14)11-5-4-9-3-2-6-15-8-10(9)7-11/h4-5,7,15H,2-3,6,8H2,1H3. The number of aryl methyl sites for hydroxylation is 1. The fraction of sp³-hybridized carbons (Fsp3) is 0.500. The molecule has 2 rings (SSSR count). The normalized spacial score (nSPS) is 17.0. The van der Waals surface area contributed by atoms with E-state index in [1.807, 2.05) is 6.07 Å². The van der Waals surface area contributed by atoms with Gasteiger partial charge >= 0.3 is 0 Å². The first kappa shape index (κ1) is 10.6. The van der Waals surface area contributed by atoms with Crippen LogP contribution in [0.3, 0.4) is 0 Å². The summed E-state index contributed by atoms with van der Waals surface area (Å²) in [5, 5.41) is 3.24. The minimum Gasteiger partial charge on any atom is -0.313 e. The van der Waals surface area contributed by atoms with E-state index in [2.05, 4.69) is 5.32 Å². The highest BCUT2D eigenvalue weighted by Crippen LogP contribution is 2.29. The van der Waals surface area contributed by atoms with Gasteiger partial charge in [0.2, 0.25) is 0 Å². The van der Waals surface area contributed by atoms with Gasteiger partial charge in [0.25, 0.3) is 5.92 Å². The van der Waals surface area contributed by atoms with Crippen LogP contribution in [0.4, 0.5) is 8.78 Å². The zero-order valence-corrected chi connectivity index (χ0v) is 8.82. The van der Waals surface area contributed by atoms with Gasteiger partial charge in [-0.15, -0.1) is 0 Å². The minimum atomic E-state index is -2.73. The molecule has 0 aromatic heterocycles. The van der Waals surface area contributed by atoms with Crippen LogP contribution in [0.1, 0.15) is 30.0 Å². The lowest BCUT2D eigenvalue weighted by atomic mass is 9.99. The van der Waals surface area contributed by atoms with Crippen LogP contribution in [0.5, 0.6) is 0 Å². The number of nitrogens with one attached hydrogen (secondary N) is 1. The van der Waals surface area contributed by atoms with Crippen LogP contribution in [0.2, 0.25) is 0 Å². The second kappa shape index (κ2) is 3.89. The molecule has 1 aromatic carbocycles. The Bertz CT molecular complexity index is 355. The van der Waals surface area contributed by atoms with Crippen LogP contribution in [0, 0.1) is 0 Å². The smallest absolute Gasteiger partial charge is 0.270 e. The lowest BCUT2D eigenvalue weighted by Crippen LogP contribution is -2.13. The first-order valence-corrected chi connectivity index (χ1v) is 5.28. The Morgan fingerprint density at radius 1 is 1.27 bits per heavy atom. The topological polar surface area (TPSA) is 12.0 Å². The molecular weight excluding hydrogens is 196 g/mol. The molecule has 1 heterocycles. The molecule has 82 valence electrons. The summed E-state index contributed by atoms with van der Waals surface area (Å²) in [5.74, 6) is -2.73. The van der Waals surface area contributed by atoms with E-state index in [4.69, 9.17) is 0 Å². The number of halogens is 2. The molecule has 0 saturated carbocycles. The third-order valence-corrected chi connectivity index (χ3v) is 2.83. The van der Waals surface area contributed by atoms with Crippen molar-refractivity contribution >= 4 is 0 Å². The first-order valence-electron chi connectivity index (χ1n) is 5.28. The van der Waals surface area contributed by atoms with Gasteiger partial charge < -0.3 is 5.32 Å². The van der Waals surface area contributed by atoms with Crippen LogP contribution >= 0.6 is 0 Å². The van der Waals surface area contributed by atoms with Crippen molar-refractivity contribution in [3.8, 4) is 0 Å². The Morgan fingerprint density at radius 3 is 2.80 bits per heavy atom. The average Bonchev–Trinajstić information content (AvgIpc) is 2.39. The summed E-state index contributed by atoms with van der Waals surface area (Å²) in [6.07, 6.45) is 2.06. The summed E-state index contributed by atoms with van der Waals surface area (Å²) in [5.41, 5.74) is 2.34. The molecule has 0 unspecified atom stereocenters. The molecular formula is C12H15F2N. The molecule has 3 heteroatoms. The van der Waals surface area contributed by atoms with Gasteiger partial charge in [-0.05, 0) is 36.6 Å². The first-order chi connectivity index (χ1) is 7.07. The highest BCUT2D eigenvalue weighted by molar-refractivity contribution is 5.34. The van der Waals surface area contributed by atoms with Crippen LogP contribution in [0.25, 0.3) is 0 Å². The second-order valence-electron chi connectivity index (χ2n) is 4.15. The molecule has 15 heavy (non-hydrogen) atoms. The number of alkyl halides is 2. The summed E-state index contributed by atoms with van der Waals surface area (Å²) in [7, 11) is 0. The fourth-order valence-electron chi connectivity index (χ4n) is 1.93. The molecule has 0 saturated heterocycles. The van der Waals surface area contributed by atoms with Crippen LogP contribution in [-0.2, 0) is 18.9 Å². The summed E-state index contributed by atoms with van der Waals surface area (Å²) >= 11 is 0. The number of hydrogen-bond donors (Lipinski definition) is 1. The van der Waals surface area contributed by atoms with Crippen molar-refractivity contribution in [3.63, 3.8) is 0 Å². The molecule has 1 nitrogen and oxygen atoms in total. The van der Waals surface area contributed by atoms with E-state index in [-0.39, 0.29) is 5.56 Å². The van der Waals surface area contributed by atoms with Gasteiger partial charge in [-0.25, -0.2) is 8.78 Å². The Morgan fingerprint density at radius 2 is 2.07 bits per heavy atom. The van der Waals surface area contributed by atoms with E-state index in [1.165, 1.54) is 5.56 Å². The predicted octanol–water partition coefficient (Wildman–Crippen LogP) is 2.83. The van der Waals surface area contributed by atoms with E-state index >= 15 is 0 Å². The molecule has 1 aliphatic heterocycles. The van der Waals surface area contributed by atoms with Crippen molar-refractivity contribution in [2.75, 3.05) is 6.54 Å². The second-order valence-corrected chi connectivity index (χ2v) is 4.15. The maximum atomic E-state index is 13.1. The summed E-state index contributed by atoms with van der Waals surface area (Å²) in [6.45, 7) is 2.62. The lowest BCUT2D eigenvalue weighted by molar-refractivity contribution is 0.0174. The van der Waals surface area contributed by atoms with E-state index < -0.39 is 5.92 Å². The Balaban J connectivity index is 2.36. The van der Waals surface area contributed by atoms with Crippen LogP contribution in [0.15, 0.2) is 18.2 Å². The van der Waals surface area contributed by atoms with Crippen molar-refractivity contribution in [3.05, 3.63) is 34.9 Å². The van der Waals surface area contributed by atoms with E-state index in [0.29, 0.717) is 6.54 Å². The molecule has 0 atom stereocenters. The maximum absolute atomic E-state index is 13.1. The third-order valence-electron chi connectivity index (χ3n) is 2.83. The van der Waals surface area contributed by atoms with E-state index in [1.54, 1.807) is 12.1 Å². The fourth-order valence-corrected chi connectivity index (χ4v) is 1.93. The third kappa shape index (κ3) is 2.34. The number of benzene rings is 1. The van der Waals surface area contributed by atoms with Gasteiger partial charge in [0.15, 0.2) is 0 Å². The quantitative estimate of drug-likeness (QED) is 0.753. The van der Waals surface area contributed by atoms with E-state index in [9.17, 15) is 8.78 Å². The Kier molecular flexibility index (Phi) is 2.74. The van der Waals surface area contributed by atoms with Gasteiger partial charge in [0.05, 0.1) is 0 Å². The van der Waals surface area contributed by atoms with Gasteiger partial charge in [0.1, 0.15) is 0 Å². The SMILES string of the molecule is CC(F)(F)c1ccc2c(c1)CNCCC2. The van der Waals surface area contributed by atoms with Crippen molar-refractivity contribution in [2.45, 2.75) is 32.2 Å². The zero-order chi connectivity index (χ0) is 10.9. The minimum absolute atomic E-state index is 0.116. The van der Waals surface area contributed by atoms with Crippen molar-refractivity contribution < 1.29 is 8.78 Å². The molecule has 0 radical (unpaired) electrons. The molecule has 0 aliphatic carbocycles. The molecule has 0 fully saturated rings. The van der Waals surface area contributed by atoms with E-state index in [0.717, 1.165) is 31.9 Å². The zero-order valence-electron chi connectivity index (χ0n) is 8.82. The highest BCUT2D eigenvalue weighted by atomic mass is 19.3. The molecule has 0 bridgehead atoms. The molecule has 1 aliphatic rings. The summed E-state index contributed by atoms with van der Waals surface area (Å²) < 4.78 is 26.2. The number of rotatable bonds is 1. The monoisotopic (exact) mass is 211 g/mol. The predicted molar refractivity (Wildman–Crippen MR) is 56.0 cm³/mol. The van der Waals surface area contributed by atoms with Crippen molar-refractivity contribution in [1.29, 1.82) is 0 Å².